The lowest BCUT2D eigenvalue weighted by atomic mass is 9.74. The van der Waals surface area contributed by atoms with Gasteiger partial charge in [-0.05, 0) is 38.8 Å². The van der Waals surface area contributed by atoms with Crippen molar-refractivity contribution in [2.75, 3.05) is 26.2 Å². The van der Waals surface area contributed by atoms with Gasteiger partial charge in [-0.1, -0.05) is 19.3 Å². The highest BCUT2D eigenvalue weighted by Gasteiger charge is 2.33. The van der Waals surface area contributed by atoms with Crippen LogP contribution in [0.5, 0.6) is 0 Å². The molecular formula is C12H23NO. The molecule has 2 fully saturated rings. The summed E-state index contributed by atoms with van der Waals surface area (Å²) in [5.74, 6) is 0. The lowest BCUT2D eigenvalue weighted by Gasteiger charge is -2.38. The van der Waals surface area contributed by atoms with Crippen molar-refractivity contribution >= 4 is 0 Å². The van der Waals surface area contributed by atoms with Gasteiger partial charge >= 0.3 is 0 Å². The second kappa shape index (κ2) is 4.63. The van der Waals surface area contributed by atoms with Gasteiger partial charge in [0.25, 0.3) is 0 Å². The third-order valence-corrected chi connectivity index (χ3v) is 4.01. The summed E-state index contributed by atoms with van der Waals surface area (Å²) in [6.07, 6.45) is 9.26. The zero-order valence-corrected chi connectivity index (χ0v) is 9.17. The molecule has 0 atom stereocenters. The van der Waals surface area contributed by atoms with E-state index < -0.39 is 0 Å². The van der Waals surface area contributed by atoms with Crippen molar-refractivity contribution in [2.24, 2.45) is 5.41 Å². The van der Waals surface area contributed by atoms with E-state index in [0.717, 1.165) is 6.54 Å². The Morgan fingerprint density at radius 2 is 1.57 bits per heavy atom. The summed E-state index contributed by atoms with van der Waals surface area (Å²) in [5, 5.41) is 9.58. The summed E-state index contributed by atoms with van der Waals surface area (Å²) >= 11 is 0. The van der Waals surface area contributed by atoms with Gasteiger partial charge in [-0.25, -0.2) is 0 Å². The smallest absolute Gasteiger partial charge is 0.0499 e. The van der Waals surface area contributed by atoms with Gasteiger partial charge in [-0.3, -0.25) is 0 Å². The van der Waals surface area contributed by atoms with Crippen LogP contribution in [0.15, 0.2) is 0 Å². The standard InChI is InChI=1S/C12H23NO/c14-11-12(6-2-1-3-7-12)10-13-8-4-5-9-13/h14H,1-11H2. The zero-order chi connectivity index (χ0) is 9.86. The van der Waals surface area contributed by atoms with Crippen LogP contribution in [0.25, 0.3) is 0 Å². The minimum atomic E-state index is 0.266. The summed E-state index contributed by atoms with van der Waals surface area (Å²) in [5.41, 5.74) is 0.266. The van der Waals surface area contributed by atoms with Gasteiger partial charge in [0.15, 0.2) is 0 Å². The fraction of sp³-hybridized carbons (Fsp3) is 1.00. The molecule has 82 valence electrons. The van der Waals surface area contributed by atoms with Gasteiger partial charge in [0, 0.05) is 18.6 Å². The van der Waals surface area contributed by atoms with E-state index in [4.69, 9.17) is 0 Å². The van der Waals surface area contributed by atoms with Gasteiger partial charge < -0.3 is 10.0 Å². The van der Waals surface area contributed by atoms with Crippen molar-refractivity contribution in [1.29, 1.82) is 0 Å². The van der Waals surface area contributed by atoms with E-state index in [1.54, 1.807) is 0 Å². The first kappa shape index (κ1) is 10.4. The van der Waals surface area contributed by atoms with Crippen LogP contribution in [0.4, 0.5) is 0 Å². The number of aliphatic hydroxyl groups is 1. The van der Waals surface area contributed by atoms with Crippen molar-refractivity contribution < 1.29 is 5.11 Å². The maximum absolute atomic E-state index is 9.58. The first-order valence-electron chi connectivity index (χ1n) is 6.18. The molecular weight excluding hydrogens is 174 g/mol. The molecule has 2 heteroatoms. The average molecular weight is 197 g/mol. The molecule has 0 aromatic carbocycles. The van der Waals surface area contributed by atoms with Crippen molar-refractivity contribution in [3.8, 4) is 0 Å². The summed E-state index contributed by atoms with van der Waals surface area (Å²) in [6, 6.07) is 0. The Hall–Kier alpha value is -0.0800. The quantitative estimate of drug-likeness (QED) is 0.748. The van der Waals surface area contributed by atoms with E-state index in [-0.39, 0.29) is 5.41 Å². The van der Waals surface area contributed by atoms with Gasteiger partial charge in [-0.2, -0.15) is 0 Å². The molecule has 0 radical (unpaired) electrons. The summed E-state index contributed by atoms with van der Waals surface area (Å²) in [4.78, 5) is 2.56. The number of hydrogen-bond donors (Lipinski definition) is 1. The molecule has 1 aliphatic heterocycles. The van der Waals surface area contributed by atoms with Gasteiger partial charge in [0.1, 0.15) is 0 Å². The van der Waals surface area contributed by atoms with E-state index >= 15 is 0 Å². The lowest BCUT2D eigenvalue weighted by molar-refractivity contribution is 0.0479. The van der Waals surface area contributed by atoms with E-state index in [9.17, 15) is 5.11 Å². The van der Waals surface area contributed by atoms with Crippen LogP contribution in [0.2, 0.25) is 0 Å². The normalized spacial score (nSPS) is 28.1. The summed E-state index contributed by atoms with van der Waals surface area (Å²) in [6.45, 7) is 4.09. The molecule has 0 unspecified atom stereocenters. The molecule has 1 saturated carbocycles. The van der Waals surface area contributed by atoms with E-state index in [1.165, 1.54) is 58.0 Å². The van der Waals surface area contributed by atoms with Crippen LogP contribution in [-0.4, -0.2) is 36.2 Å². The van der Waals surface area contributed by atoms with Crippen molar-refractivity contribution in [3.63, 3.8) is 0 Å². The van der Waals surface area contributed by atoms with Gasteiger partial charge in [0.2, 0.25) is 0 Å². The molecule has 2 aliphatic rings. The second-order valence-electron chi connectivity index (χ2n) is 5.20. The maximum Gasteiger partial charge on any atom is 0.0499 e. The molecule has 1 saturated heterocycles. The molecule has 2 nitrogen and oxygen atoms in total. The monoisotopic (exact) mass is 197 g/mol. The van der Waals surface area contributed by atoms with E-state index in [2.05, 4.69) is 4.90 Å². The van der Waals surface area contributed by atoms with Gasteiger partial charge in [-0.15, -0.1) is 0 Å². The average Bonchev–Trinajstić information content (AvgIpc) is 2.72. The number of nitrogens with zero attached hydrogens (tertiary/aromatic N) is 1. The van der Waals surface area contributed by atoms with Gasteiger partial charge in [0.05, 0.1) is 0 Å². The SMILES string of the molecule is OCC1(CN2CCCC2)CCCCC1. The third-order valence-electron chi connectivity index (χ3n) is 4.01. The highest BCUT2D eigenvalue weighted by Crippen LogP contribution is 2.37. The number of aliphatic hydroxyl groups excluding tert-OH is 1. The first-order chi connectivity index (χ1) is 6.85. The third kappa shape index (κ3) is 2.29. The molecule has 2 rings (SSSR count). The largest absolute Gasteiger partial charge is 0.396 e. The molecule has 1 aliphatic carbocycles. The zero-order valence-electron chi connectivity index (χ0n) is 9.17. The molecule has 0 amide bonds. The Balaban J connectivity index is 1.89. The summed E-state index contributed by atoms with van der Waals surface area (Å²) < 4.78 is 0. The minimum Gasteiger partial charge on any atom is -0.396 e. The fourth-order valence-electron chi connectivity index (χ4n) is 3.08. The molecule has 0 aromatic rings. The first-order valence-corrected chi connectivity index (χ1v) is 6.18. The molecule has 14 heavy (non-hydrogen) atoms. The van der Waals surface area contributed by atoms with Crippen molar-refractivity contribution in [3.05, 3.63) is 0 Å². The Bertz CT molecular complexity index is 169. The predicted molar refractivity (Wildman–Crippen MR) is 58.3 cm³/mol. The van der Waals surface area contributed by atoms with Crippen molar-refractivity contribution in [1.82, 2.24) is 4.90 Å². The van der Waals surface area contributed by atoms with Crippen LogP contribution in [0.1, 0.15) is 44.9 Å². The highest BCUT2D eigenvalue weighted by molar-refractivity contribution is 4.86. The Morgan fingerprint density at radius 1 is 0.929 bits per heavy atom. The van der Waals surface area contributed by atoms with Crippen LogP contribution in [-0.2, 0) is 0 Å². The lowest BCUT2D eigenvalue weighted by Crippen LogP contribution is -2.40. The maximum atomic E-state index is 9.58. The van der Waals surface area contributed by atoms with Crippen LogP contribution < -0.4 is 0 Å². The molecule has 1 heterocycles. The fourth-order valence-corrected chi connectivity index (χ4v) is 3.08. The molecule has 0 spiro atoms. The Morgan fingerprint density at radius 3 is 2.14 bits per heavy atom. The van der Waals surface area contributed by atoms with Crippen LogP contribution >= 0.6 is 0 Å². The molecule has 0 bridgehead atoms. The van der Waals surface area contributed by atoms with Crippen molar-refractivity contribution in [2.45, 2.75) is 44.9 Å². The molecule has 1 N–H and O–H groups in total. The highest BCUT2D eigenvalue weighted by atomic mass is 16.3. The van der Waals surface area contributed by atoms with E-state index in [1.807, 2.05) is 0 Å². The van der Waals surface area contributed by atoms with Crippen LogP contribution in [0.3, 0.4) is 0 Å². The second-order valence-corrected chi connectivity index (χ2v) is 5.20. The minimum absolute atomic E-state index is 0.266. The molecule has 0 aromatic heterocycles. The topological polar surface area (TPSA) is 23.5 Å². The Labute approximate surface area is 87.3 Å². The number of hydrogen-bond acceptors (Lipinski definition) is 2. The predicted octanol–water partition coefficient (Wildman–Crippen LogP) is 2.02. The number of rotatable bonds is 3. The Kier molecular flexibility index (Phi) is 3.45. The summed E-state index contributed by atoms with van der Waals surface area (Å²) in [7, 11) is 0. The van der Waals surface area contributed by atoms with Crippen LogP contribution in [0, 0.1) is 5.41 Å². The number of likely N-dealkylation sites (tertiary alicyclic amines) is 1. The van der Waals surface area contributed by atoms with E-state index in [0.29, 0.717) is 6.61 Å².